The maximum absolute atomic E-state index is 5.23. The summed E-state index contributed by atoms with van der Waals surface area (Å²) in [5.41, 5.74) is 5.22. The zero-order valence-corrected chi connectivity index (χ0v) is 16.1. The van der Waals surface area contributed by atoms with Crippen LogP contribution in [0.25, 0.3) is 0 Å². The van der Waals surface area contributed by atoms with Gasteiger partial charge in [-0.25, -0.2) is 0 Å². The molecule has 2 bridgehead atoms. The van der Waals surface area contributed by atoms with E-state index in [0.717, 1.165) is 5.69 Å². The van der Waals surface area contributed by atoms with Crippen molar-refractivity contribution < 1.29 is 0 Å². The highest BCUT2D eigenvalue weighted by atomic mass is 15.2. The van der Waals surface area contributed by atoms with Gasteiger partial charge in [-0.15, -0.1) is 0 Å². The molecule has 1 atom stereocenters. The summed E-state index contributed by atoms with van der Waals surface area (Å²) < 4.78 is 0. The van der Waals surface area contributed by atoms with Crippen molar-refractivity contribution in [3.63, 3.8) is 0 Å². The molecule has 3 aliphatic heterocycles. The number of nitrogens with zero attached hydrogens (tertiary/aromatic N) is 2. The molecule has 2 nitrogen and oxygen atoms in total. The standard InChI is InChI=1S/C26H26N2/c1-4-10-20(11-5-1)24(21-12-6-2-7-13-21)26-25(22-16-18-28(26)19-17-22)27-23-14-8-3-9-15-23/h1-15,22,24,26H,16-19H2. The number of piperidine rings is 3. The SMILES string of the molecule is c1ccc(N=C2C3CCN(CC3)C2C(c2ccccc2)c2ccccc2)cc1. The quantitative estimate of drug-likeness (QED) is 0.579. The second-order valence-corrected chi connectivity index (χ2v) is 7.93. The van der Waals surface area contributed by atoms with Gasteiger partial charge in [0.15, 0.2) is 0 Å². The molecule has 3 saturated heterocycles. The number of aliphatic imine (C=N–C) groups is 1. The van der Waals surface area contributed by atoms with Crippen molar-refractivity contribution in [1.29, 1.82) is 0 Å². The predicted molar refractivity (Wildman–Crippen MR) is 116 cm³/mol. The third-order valence-electron chi connectivity index (χ3n) is 6.29. The van der Waals surface area contributed by atoms with E-state index in [2.05, 4.69) is 95.9 Å². The summed E-state index contributed by atoms with van der Waals surface area (Å²) in [6.45, 7) is 2.36. The van der Waals surface area contributed by atoms with Gasteiger partial charge in [-0.1, -0.05) is 78.9 Å². The van der Waals surface area contributed by atoms with Crippen LogP contribution in [-0.2, 0) is 0 Å². The molecule has 2 heteroatoms. The van der Waals surface area contributed by atoms with Crippen LogP contribution in [0.15, 0.2) is 96.0 Å². The zero-order chi connectivity index (χ0) is 18.8. The Morgan fingerprint density at radius 1 is 0.679 bits per heavy atom. The Morgan fingerprint density at radius 3 is 1.71 bits per heavy atom. The number of hydrogen-bond acceptors (Lipinski definition) is 2. The molecule has 0 aliphatic carbocycles. The lowest BCUT2D eigenvalue weighted by atomic mass is 9.72. The molecule has 0 spiro atoms. The molecule has 0 N–H and O–H groups in total. The van der Waals surface area contributed by atoms with Crippen LogP contribution in [0.3, 0.4) is 0 Å². The van der Waals surface area contributed by atoms with E-state index in [4.69, 9.17) is 4.99 Å². The molecule has 0 saturated carbocycles. The van der Waals surface area contributed by atoms with Gasteiger partial charge in [0.2, 0.25) is 0 Å². The number of benzene rings is 3. The molecule has 3 heterocycles. The van der Waals surface area contributed by atoms with E-state index in [1.54, 1.807) is 0 Å². The minimum atomic E-state index is 0.313. The predicted octanol–water partition coefficient (Wildman–Crippen LogP) is 5.69. The summed E-state index contributed by atoms with van der Waals surface area (Å²) in [6, 6.07) is 32.8. The van der Waals surface area contributed by atoms with E-state index in [1.165, 1.54) is 42.8 Å². The van der Waals surface area contributed by atoms with Crippen molar-refractivity contribution in [3.8, 4) is 0 Å². The fourth-order valence-corrected chi connectivity index (χ4v) is 4.97. The molecule has 0 amide bonds. The number of hydrogen-bond donors (Lipinski definition) is 0. The third kappa shape index (κ3) is 3.29. The van der Waals surface area contributed by atoms with Crippen LogP contribution in [0.2, 0.25) is 0 Å². The Labute approximate surface area is 167 Å². The first-order valence-corrected chi connectivity index (χ1v) is 10.4. The van der Waals surface area contributed by atoms with E-state index in [0.29, 0.717) is 17.9 Å². The van der Waals surface area contributed by atoms with E-state index in [1.807, 2.05) is 0 Å². The largest absolute Gasteiger partial charge is 0.294 e. The fourth-order valence-electron chi connectivity index (χ4n) is 4.97. The van der Waals surface area contributed by atoms with Gasteiger partial charge in [-0.3, -0.25) is 9.89 Å². The van der Waals surface area contributed by atoms with E-state index >= 15 is 0 Å². The van der Waals surface area contributed by atoms with Gasteiger partial charge in [-0.05, 0) is 49.2 Å². The van der Waals surface area contributed by atoms with Gasteiger partial charge in [0.25, 0.3) is 0 Å². The molecule has 1 unspecified atom stereocenters. The Bertz CT molecular complexity index is 886. The molecule has 3 aliphatic rings. The number of para-hydroxylation sites is 1. The average Bonchev–Trinajstić information content (AvgIpc) is 2.78. The highest BCUT2D eigenvalue weighted by Crippen LogP contribution is 2.41. The second-order valence-electron chi connectivity index (χ2n) is 7.93. The average molecular weight is 367 g/mol. The molecule has 140 valence electrons. The summed E-state index contributed by atoms with van der Waals surface area (Å²) in [4.78, 5) is 7.90. The summed E-state index contributed by atoms with van der Waals surface area (Å²) in [7, 11) is 0. The highest BCUT2D eigenvalue weighted by molar-refractivity contribution is 5.96. The molecule has 3 aromatic rings. The van der Waals surface area contributed by atoms with Crippen molar-refractivity contribution in [1.82, 2.24) is 4.90 Å². The Morgan fingerprint density at radius 2 is 1.18 bits per heavy atom. The molecule has 28 heavy (non-hydrogen) atoms. The van der Waals surface area contributed by atoms with Crippen LogP contribution in [0, 0.1) is 5.92 Å². The minimum Gasteiger partial charge on any atom is -0.294 e. The zero-order valence-electron chi connectivity index (χ0n) is 16.1. The smallest absolute Gasteiger partial charge is 0.0629 e. The van der Waals surface area contributed by atoms with Crippen molar-refractivity contribution in [2.45, 2.75) is 24.8 Å². The van der Waals surface area contributed by atoms with Crippen LogP contribution in [0.1, 0.15) is 29.9 Å². The molecule has 0 radical (unpaired) electrons. The van der Waals surface area contributed by atoms with Gasteiger partial charge >= 0.3 is 0 Å². The number of fused-ring (bicyclic) bond motifs is 3. The molecule has 0 aromatic heterocycles. The van der Waals surface area contributed by atoms with Gasteiger partial charge in [0, 0.05) is 17.5 Å². The van der Waals surface area contributed by atoms with Crippen molar-refractivity contribution in [3.05, 3.63) is 102 Å². The Hall–Kier alpha value is -2.71. The van der Waals surface area contributed by atoms with E-state index < -0.39 is 0 Å². The van der Waals surface area contributed by atoms with Crippen molar-refractivity contribution >= 4 is 11.4 Å². The monoisotopic (exact) mass is 366 g/mol. The lowest BCUT2D eigenvalue weighted by Crippen LogP contribution is -2.57. The molecular formula is C26H26N2. The minimum absolute atomic E-state index is 0.313. The van der Waals surface area contributed by atoms with Crippen LogP contribution in [0.4, 0.5) is 5.69 Å². The van der Waals surface area contributed by atoms with E-state index in [-0.39, 0.29) is 0 Å². The first-order valence-electron chi connectivity index (χ1n) is 10.4. The first-order chi connectivity index (χ1) is 13.9. The molecule has 3 aromatic carbocycles. The molecule has 3 fully saturated rings. The molecule has 6 rings (SSSR count). The van der Waals surface area contributed by atoms with Gasteiger partial charge in [-0.2, -0.15) is 0 Å². The molecular weight excluding hydrogens is 340 g/mol. The summed E-state index contributed by atoms with van der Waals surface area (Å²) in [5, 5.41) is 0. The Kier molecular flexibility index (Phi) is 4.80. The maximum Gasteiger partial charge on any atom is 0.0629 e. The number of rotatable bonds is 4. The summed E-state index contributed by atoms with van der Waals surface area (Å²) >= 11 is 0. The first kappa shape index (κ1) is 17.4. The fraction of sp³-hybridized carbons (Fsp3) is 0.269. The lowest BCUT2D eigenvalue weighted by Gasteiger charge is -2.49. The normalized spacial score (nSPS) is 25.3. The van der Waals surface area contributed by atoms with Crippen LogP contribution >= 0.6 is 0 Å². The van der Waals surface area contributed by atoms with Crippen LogP contribution < -0.4 is 0 Å². The second kappa shape index (κ2) is 7.73. The van der Waals surface area contributed by atoms with Crippen LogP contribution in [0.5, 0.6) is 0 Å². The van der Waals surface area contributed by atoms with Gasteiger partial charge in [0.05, 0.1) is 11.7 Å². The lowest BCUT2D eigenvalue weighted by molar-refractivity contribution is 0.136. The van der Waals surface area contributed by atoms with Crippen molar-refractivity contribution in [2.24, 2.45) is 10.9 Å². The highest BCUT2D eigenvalue weighted by Gasteiger charge is 2.44. The summed E-state index contributed by atoms with van der Waals surface area (Å²) in [5.74, 6) is 0.915. The van der Waals surface area contributed by atoms with Gasteiger partial charge < -0.3 is 0 Å². The Balaban J connectivity index is 1.64. The van der Waals surface area contributed by atoms with E-state index in [9.17, 15) is 0 Å². The van der Waals surface area contributed by atoms with Crippen molar-refractivity contribution in [2.75, 3.05) is 13.1 Å². The summed E-state index contributed by atoms with van der Waals surface area (Å²) in [6.07, 6.45) is 2.47. The topological polar surface area (TPSA) is 15.6 Å². The maximum atomic E-state index is 5.23. The third-order valence-corrected chi connectivity index (χ3v) is 6.29. The van der Waals surface area contributed by atoms with Gasteiger partial charge in [0.1, 0.15) is 0 Å². The van der Waals surface area contributed by atoms with Crippen LogP contribution in [-0.4, -0.2) is 29.7 Å².